The van der Waals surface area contributed by atoms with Crippen molar-refractivity contribution in [1.82, 2.24) is 10.5 Å². The largest absolute Gasteiger partial charge is 0.493 e. The van der Waals surface area contributed by atoms with Gasteiger partial charge < -0.3 is 19.3 Å². The van der Waals surface area contributed by atoms with Gasteiger partial charge in [-0.05, 0) is 44.4 Å². The van der Waals surface area contributed by atoms with E-state index in [1.165, 1.54) is 0 Å². The molecule has 1 aromatic carbocycles. The summed E-state index contributed by atoms with van der Waals surface area (Å²) < 4.78 is 16.1. The zero-order chi connectivity index (χ0) is 17.1. The Morgan fingerprint density at radius 3 is 2.83 bits per heavy atom. The number of amides is 1. The molecule has 1 aliphatic rings. The summed E-state index contributed by atoms with van der Waals surface area (Å²) in [6.07, 6.45) is 2.22. The summed E-state index contributed by atoms with van der Waals surface area (Å²) in [6.45, 7) is 4.40. The van der Waals surface area contributed by atoms with E-state index >= 15 is 0 Å². The van der Waals surface area contributed by atoms with Crippen molar-refractivity contribution < 1.29 is 18.8 Å². The summed E-state index contributed by atoms with van der Waals surface area (Å²) in [5.74, 6) is 2.33. The summed E-state index contributed by atoms with van der Waals surface area (Å²) in [5, 5.41) is 6.79. The molecule has 0 radical (unpaired) electrons. The highest BCUT2D eigenvalue weighted by Crippen LogP contribution is 2.40. The van der Waals surface area contributed by atoms with Gasteiger partial charge in [0.25, 0.3) is 5.91 Å². The number of methoxy groups -OCH3 is 1. The van der Waals surface area contributed by atoms with Crippen molar-refractivity contribution in [2.24, 2.45) is 0 Å². The van der Waals surface area contributed by atoms with Gasteiger partial charge in [0.2, 0.25) is 0 Å². The van der Waals surface area contributed by atoms with Crippen LogP contribution in [-0.4, -0.2) is 24.8 Å². The van der Waals surface area contributed by atoms with E-state index in [1.807, 2.05) is 32.0 Å². The van der Waals surface area contributed by atoms with E-state index in [0.717, 1.165) is 24.2 Å². The van der Waals surface area contributed by atoms with Crippen molar-refractivity contribution in [2.75, 3.05) is 13.7 Å². The van der Waals surface area contributed by atoms with E-state index in [2.05, 4.69) is 10.5 Å². The zero-order valence-corrected chi connectivity index (χ0v) is 14.2. The standard InChI is InChI=1S/C18H22N2O4/c1-4-23-15-8-7-13(9-17(15)22-3)11(2)19-18(21)14-10-16(24-20-14)12-5-6-12/h7-12H,4-6H2,1-3H3,(H,19,21)/t11-/m1/s1. The second-order valence-corrected chi connectivity index (χ2v) is 5.93. The Kier molecular flexibility index (Phi) is 4.74. The molecule has 0 unspecified atom stereocenters. The second-order valence-electron chi connectivity index (χ2n) is 5.93. The van der Waals surface area contributed by atoms with Crippen LogP contribution in [0.1, 0.15) is 60.5 Å². The van der Waals surface area contributed by atoms with Crippen LogP contribution in [0, 0.1) is 0 Å². The molecule has 1 aromatic heterocycles. The highest BCUT2D eigenvalue weighted by Gasteiger charge is 2.29. The maximum absolute atomic E-state index is 12.3. The fourth-order valence-corrected chi connectivity index (χ4v) is 2.54. The van der Waals surface area contributed by atoms with Gasteiger partial charge in [-0.25, -0.2) is 0 Å². The van der Waals surface area contributed by atoms with E-state index in [9.17, 15) is 4.79 Å². The van der Waals surface area contributed by atoms with Gasteiger partial charge in [0, 0.05) is 12.0 Å². The number of nitrogens with one attached hydrogen (secondary N) is 1. The topological polar surface area (TPSA) is 73.6 Å². The number of carbonyl (C=O) groups excluding carboxylic acids is 1. The van der Waals surface area contributed by atoms with Gasteiger partial charge in [0.05, 0.1) is 19.8 Å². The van der Waals surface area contributed by atoms with E-state index in [1.54, 1.807) is 13.2 Å². The predicted octanol–water partition coefficient (Wildman–Crippen LogP) is 3.45. The third-order valence-electron chi connectivity index (χ3n) is 4.08. The van der Waals surface area contributed by atoms with Crippen LogP contribution in [0.4, 0.5) is 0 Å². The Morgan fingerprint density at radius 1 is 1.38 bits per heavy atom. The maximum atomic E-state index is 12.3. The molecule has 3 rings (SSSR count). The maximum Gasteiger partial charge on any atom is 0.273 e. The molecule has 128 valence electrons. The molecule has 0 aliphatic heterocycles. The van der Waals surface area contributed by atoms with Crippen molar-refractivity contribution in [3.63, 3.8) is 0 Å². The van der Waals surface area contributed by atoms with Gasteiger partial charge in [-0.2, -0.15) is 0 Å². The van der Waals surface area contributed by atoms with Crippen LogP contribution in [0.3, 0.4) is 0 Å². The smallest absolute Gasteiger partial charge is 0.273 e. The number of benzene rings is 1. The Balaban J connectivity index is 1.68. The lowest BCUT2D eigenvalue weighted by Crippen LogP contribution is -2.26. The number of ether oxygens (including phenoxy) is 2. The van der Waals surface area contributed by atoms with Crippen LogP contribution in [-0.2, 0) is 0 Å². The van der Waals surface area contributed by atoms with Crippen LogP contribution < -0.4 is 14.8 Å². The van der Waals surface area contributed by atoms with Crippen molar-refractivity contribution in [3.05, 3.63) is 41.3 Å². The second kappa shape index (κ2) is 6.95. The molecule has 1 heterocycles. The van der Waals surface area contributed by atoms with Crippen molar-refractivity contribution in [1.29, 1.82) is 0 Å². The average molecular weight is 330 g/mol. The summed E-state index contributed by atoms with van der Waals surface area (Å²) in [4.78, 5) is 12.3. The van der Waals surface area contributed by atoms with Crippen LogP contribution in [0.15, 0.2) is 28.8 Å². The third kappa shape index (κ3) is 3.53. The Labute approximate surface area is 141 Å². The Morgan fingerprint density at radius 2 is 2.17 bits per heavy atom. The highest BCUT2D eigenvalue weighted by molar-refractivity contribution is 5.92. The van der Waals surface area contributed by atoms with Crippen LogP contribution >= 0.6 is 0 Å². The number of hydrogen-bond acceptors (Lipinski definition) is 5. The molecule has 6 nitrogen and oxygen atoms in total. The van der Waals surface area contributed by atoms with Crippen LogP contribution in [0.2, 0.25) is 0 Å². The Hall–Kier alpha value is -2.50. The normalized spacial score (nSPS) is 15.0. The lowest BCUT2D eigenvalue weighted by atomic mass is 10.1. The Bertz CT molecular complexity index is 722. The lowest BCUT2D eigenvalue weighted by molar-refractivity contribution is 0.0930. The molecule has 1 saturated carbocycles. The molecule has 0 saturated heterocycles. The van der Waals surface area contributed by atoms with Gasteiger partial charge in [-0.1, -0.05) is 11.2 Å². The van der Waals surface area contributed by atoms with Gasteiger partial charge in [0.1, 0.15) is 5.76 Å². The third-order valence-corrected chi connectivity index (χ3v) is 4.08. The molecular formula is C18H22N2O4. The predicted molar refractivity (Wildman–Crippen MR) is 88.5 cm³/mol. The van der Waals surface area contributed by atoms with E-state index < -0.39 is 0 Å². The summed E-state index contributed by atoms with van der Waals surface area (Å²) in [5.41, 5.74) is 1.25. The first-order valence-electron chi connectivity index (χ1n) is 8.20. The molecular weight excluding hydrogens is 308 g/mol. The fourth-order valence-electron chi connectivity index (χ4n) is 2.54. The van der Waals surface area contributed by atoms with Crippen LogP contribution in [0.5, 0.6) is 11.5 Å². The highest BCUT2D eigenvalue weighted by atomic mass is 16.5. The van der Waals surface area contributed by atoms with E-state index in [0.29, 0.717) is 29.7 Å². The van der Waals surface area contributed by atoms with Crippen LogP contribution in [0.25, 0.3) is 0 Å². The molecule has 6 heteroatoms. The minimum absolute atomic E-state index is 0.192. The number of rotatable bonds is 7. The summed E-state index contributed by atoms with van der Waals surface area (Å²) >= 11 is 0. The molecule has 1 fully saturated rings. The molecule has 0 bridgehead atoms. The van der Waals surface area contributed by atoms with Gasteiger partial charge in [-0.15, -0.1) is 0 Å². The molecule has 24 heavy (non-hydrogen) atoms. The first-order chi connectivity index (χ1) is 11.6. The average Bonchev–Trinajstić information content (AvgIpc) is 3.32. The number of hydrogen-bond donors (Lipinski definition) is 1. The zero-order valence-electron chi connectivity index (χ0n) is 14.2. The number of carbonyl (C=O) groups is 1. The quantitative estimate of drug-likeness (QED) is 0.841. The van der Waals surface area contributed by atoms with Gasteiger partial charge >= 0.3 is 0 Å². The molecule has 2 aromatic rings. The summed E-state index contributed by atoms with van der Waals surface area (Å²) in [6, 6.07) is 7.17. The van der Waals surface area contributed by atoms with Gasteiger partial charge in [-0.3, -0.25) is 4.79 Å². The molecule has 0 spiro atoms. The molecule has 1 N–H and O–H groups in total. The van der Waals surface area contributed by atoms with E-state index in [-0.39, 0.29) is 11.9 Å². The van der Waals surface area contributed by atoms with Gasteiger partial charge in [0.15, 0.2) is 17.2 Å². The monoisotopic (exact) mass is 330 g/mol. The van der Waals surface area contributed by atoms with Crippen molar-refractivity contribution >= 4 is 5.91 Å². The lowest BCUT2D eigenvalue weighted by Gasteiger charge is -2.16. The number of aromatic nitrogens is 1. The summed E-state index contributed by atoms with van der Waals surface area (Å²) in [7, 11) is 1.60. The molecule has 1 atom stereocenters. The van der Waals surface area contributed by atoms with Crippen molar-refractivity contribution in [3.8, 4) is 11.5 Å². The SMILES string of the molecule is CCOc1ccc([C@@H](C)NC(=O)c2cc(C3CC3)on2)cc1OC. The first kappa shape index (κ1) is 16.4. The minimum Gasteiger partial charge on any atom is -0.493 e. The van der Waals surface area contributed by atoms with E-state index in [4.69, 9.17) is 14.0 Å². The molecule has 1 amide bonds. The number of nitrogens with zero attached hydrogens (tertiary/aromatic N) is 1. The minimum atomic E-state index is -0.244. The fraction of sp³-hybridized carbons (Fsp3) is 0.444. The first-order valence-corrected chi connectivity index (χ1v) is 8.20. The molecule has 1 aliphatic carbocycles. The van der Waals surface area contributed by atoms with Crippen molar-refractivity contribution in [2.45, 2.75) is 38.6 Å².